The number of benzene rings is 2. The molecule has 3 aromatic rings. The summed E-state index contributed by atoms with van der Waals surface area (Å²) in [5, 5.41) is 5.54. The van der Waals surface area contributed by atoms with Gasteiger partial charge in [-0.25, -0.2) is 4.98 Å². The van der Waals surface area contributed by atoms with Crippen LogP contribution < -0.4 is 14.8 Å². The molecule has 0 atom stereocenters. The van der Waals surface area contributed by atoms with E-state index >= 15 is 0 Å². The number of carbonyl (C=O) groups is 1. The van der Waals surface area contributed by atoms with Crippen molar-refractivity contribution in [3.8, 4) is 11.5 Å². The van der Waals surface area contributed by atoms with E-state index in [0.29, 0.717) is 29.7 Å². The normalized spacial score (nSPS) is 14.2. The molecule has 1 saturated heterocycles. The molecular weight excluding hydrogens is 410 g/mol. The number of thiazole rings is 1. The van der Waals surface area contributed by atoms with Crippen LogP contribution in [0.25, 0.3) is 0 Å². The third-order valence-corrected chi connectivity index (χ3v) is 5.90. The van der Waals surface area contributed by atoms with Crippen LogP contribution in [0.2, 0.25) is 0 Å². The van der Waals surface area contributed by atoms with Gasteiger partial charge < -0.3 is 9.47 Å². The summed E-state index contributed by atoms with van der Waals surface area (Å²) in [4.78, 5) is 19.8. The Balaban J connectivity index is 1.30. The molecule has 0 radical (unpaired) electrons. The van der Waals surface area contributed by atoms with Crippen LogP contribution in [0, 0.1) is 0 Å². The molecule has 7 heteroatoms. The molecule has 0 unspecified atom stereocenters. The Labute approximate surface area is 186 Å². The highest BCUT2D eigenvalue weighted by molar-refractivity contribution is 7.14. The number of nitrogens with one attached hydrogen (secondary N) is 1. The lowest BCUT2D eigenvalue weighted by molar-refractivity contribution is 0.102. The fourth-order valence-electron chi connectivity index (χ4n) is 3.56. The van der Waals surface area contributed by atoms with Gasteiger partial charge in [0.15, 0.2) is 5.13 Å². The molecule has 2 heterocycles. The quantitative estimate of drug-likeness (QED) is 0.486. The molecule has 162 valence electrons. The maximum Gasteiger partial charge on any atom is 0.261 e. The third kappa shape index (κ3) is 6.29. The second-order valence-corrected chi connectivity index (χ2v) is 8.30. The molecule has 1 amide bonds. The van der Waals surface area contributed by atoms with Gasteiger partial charge >= 0.3 is 0 Å². The number of hydrogen-bond acceptors (Lipinski definition) is 6. The molecule has 4 rings (SSSR count). The molecule has 1 aromatic heterocycles. The van der Waals surface area contributed by atoms with Gasteiger partial charge in [-0.2, -0.15) is 0 Å². The van der Waals surface area contributed by atoms with Crippen LogP contribution in [0.5, 0.6) is 11.5 Å². The fraction of sp³-hybridized carbons (Fsp3) is 0.333. The third-order valence-electron chi connectivity index (χ3n) is 5.09. The van der Waals surface area contributed by atoms with Crippen molar-refractivity contribution in [2.24, 2.45) is 0 Å². The van der Waals surface area contributed by atoms with Gasteiger partial charge in [-0.15, -0.1) is 11.3 Å². The number of ether oxygens (including phenoxy) is 2. The number of aromatic nitrogens is 1. The van der Waals surface area contributed by atoms with Crippen molar-refractivity contribution in [3.05, 3.63) is 71.2 Å². The van der Waals surface area contributed by atoms with E-state index in [2.05, 4.69) is 15.2 Å². The largest absolute Gasteiger partial charge is 0.490 e. The van der Waals surface area contributed by atoms with E-state index in [1.165, 1.54) is 30.6 Å². The van der Waals surface area contributed by atoms with Crippen molar-refractivity contribution in [3.63, 3.8) is 0 Å². The number of hydrogen-bond donors (Lipinski definition) is 1. The molecule has 0 bridgehead atoms. The molecule has 0 aliphatic carbocycles. The highest BCUT2D eigenvalue weighted by Crippen LogP contribution is 2.23. The van der Waals surface area contributed by atoms with Gasteiger partial charge in [-0.05, 0) is 50.2 Å². The van der Waals surface area contributed by atoms with E-state index < -0.39 is 0 Å². The van der Waals surface area contributed by atoms with Crippen molar-refractivity contribution in [1.82, 2.24) is 9.88 Å². The Kier molecular flexibility index (Phi) is 7.52. The summed E-state index contributed by atoms with van der Waals surface area (Å²) in [6.45, 7) is 3.83. The number of carbonyl (C=O) groups excluding carboxylic acids is 1. The predicted molar refractivity (Wildman–Crippen MR) is 123 cm³/mol. The van der Waals surface area contributed by atoms with Gasteiger partial charge in [0.1, 0.15) is 24.7 Å². The van der Waals surface area contributed by atoms with Gasteiger partial charge in [0.25, 0.3) is 5.91 Å². The second kappa shape index (κ2) is 10.9. The SMILES string of the molecule is O=C(Nc1nc(CN2CCCCC2)cs1)c1ccccc1OCCOc1ccccc1. The van der Waals surface area contributed by atoms with Crippen molar-refractivity contribution in [2.45, 2.75) is 25.8 Å². The van der Waals surface area contributed by atoms with E-state index in [1.807, 2.05) is 47.8 Å². The standard InChI is InChI=1S/C24H27N3O3S/c28-23(26-24-25-19(18-31-24)17-27-13-7-2-8-14-27)21-11-5-6-12-22(21)30-16-15-29-20-9-3-1-4-10-20/h1,3-6,9-12,18H,2,7-8,13-17H2,(H,25,26,28). The number of anilines is 1. The number of amides is 1. The Bertz CT molecular complexity index is 971. The highest BCUT2D eigenvalue weighted by Gasteiger charge is 2.16. The maximum atomic E-state index is 12.8. The number of likely N-dealkylation sites (tertiary alicyclic amines) is 1. The molecule has 6 nitrogen and oxygen atoms in total. The monoisotopic (exact) mass is 437 g/mol. The Morgan fingerprint density at radius 1 is 0.968 bits per heavy atom. The van der Waals surface area contributed by atoms with Crippen LogP contribution in [0.1, 0.15) is 35.3 Å². The van der Waals surface area contributed by atoms with E-state index in [0.717, 1.165) is 31.1 Å². The van der Waals surface area contributed by atoms with Gasteiger partial charge in [0, 0.05) is 11.9 Å². The summed E-state index contributed by atoms with van der Waals surface area (Å²) in [5.41, 5.74) is 1.49. The number of piperidine rings is 1. The lowest BCUT2D eigenvalue weighted by Gasteiger charge is -2.25. The lowest BCUT2D eigenvalue weighted by Crippen LogP contribution is -2.29. The van der Waals surface area contributed by atoms with Crippen LogP contribution in [0.3, 0.4) is 0 Å². The minimum atomic E-state index is -0.224. The molecule has 1 fully saturated rings. The van der Waals surface area contributed by atoms with E-state index in [1.54, 1.807) is 12.1 Å². The second-order valence-electron chi connectivity index (χ2n) is 7.44. The minimum absolute atomic E-state index is 0.224. The van der Waals surface area contributed by atoms with Crippen LogP contribution in [0.15, 0.2) is 60.0 Å². The zero-order valence-electron chi connectivity index (χ0n) is 17.5. The summed E-state index contributed by atoms with van der Waals surface area (Å²) < 4.78 is 11.5. The first-order valence-corrected chi connectivity index (χ1v) is 11.5. The minimum Gasteiger partial charge on any atom is -0.490 e. The van der Waals surface area contributed by atoms with Crippen molar-refractivity contribution in [1.29, 1.82) is 0 Å². The first kappa shape index (κ1) is 21.3. The molecule has 31 heavy (non-hydrogen) atoms. The average Bonchev–Trinajstić information content (AvgIpc) is 3.25. The summed E-state index contributed by atoms with van der Waals surface area (Å²) >= 11 is 1.46. The maximum absolute atomic E-state index is 12.8. The van der Waals surface area contributed by atoms with Crippen molar-refractivity contribution in [2.75, 3.05) is 31.6 Å². The summed E-state index contributed by atoms with van der Waals surface area (Å²) in [6.07, 6.45) is 3.82. The number of para-hydroxylation sites is 2. The summed E-state index contributed by atoms with van der Waals surface area (Å²) in [6, 6.07) is 16.8. The topological polar surface area (TPSA) is 63.7 Å². The Morgan fingerprint density at radius 3 is 2.55 bits per heavy atom. The van der Waals surface area contributed by atoms with Gasteiger partial charge in [0.05, 0.1) is 11.3 Å². The number of rotatable bonds is 9. The zero-order valence-corrected chi connectivity index (χ0v) is 18.3. The molecule has 2 aromatic carbocycles. The van der Waals surface area contributed by atoms with Gasteiger partial charge in [0.2, 0.25) is 0 Å². The summed E-state index contributed by atoms with van der Waals surface area (Å²) in [5.74, 6) is 1.10. The number of nitrogens with zero attached hydrogens (tertiary/aromatic N) is 2. The van der Waals surface area contributed by atoms with Crippen LogP contribution >= 0.6 is 11.3 Å². The molecule has 0 spiro atoms. The molecule has 0 saturated carbocycles. The molecular formula is C24H27N3O3S. The summed E-state index contributed by atoms with van der Waals surface area (Å²) in [7, 11) is 0. The smallest absolute Gasteiger partial charge is 0.261 e. The molecule has 1 aliphatic rings. The highest BCUT2D eigenvalue weighted by atomic mass is 32.1. The van der Waals surface area contributed by atoms with E-state index in [-0.39, 0.29) is 5.91 Å². The molecule has 1 aliphatic heterocycles. The molecule has 1 N–H and O–H groups in total. The predicted octanol–water partition coefficient (Wildman–Crippen LogP) is 4.84. The lowest BCUT2D eigenvalue weighted by atomic mass is 10.1. The first-order valence-electron chi connectivity index (χ1n) is 10.7. The zero-order chi connectivity index (χ0) is 21.3. The van der Waals surface area contributed by atoms with Crippen LogP contribution in [-0.2, 0) is 6.54 Å². The van der Waals surface area contributed by atoms with Gasteiger partial charge in [-0.1, -0.05) is 36.8 Å². The van der Waals surface area contributed by atoms with Crippen LogP contribution in [0.4, 0.5) is 5.13 Å². The van der Waals surface area contributed by atoms with Crippen molar-refractivity contribution >= 4 is 22.4 Å². The Morgan fingerprint density at radius 2 is 1.71 bits per heavy atom. The van der Waals surface area contributed by atoms with E-state index in [9.17, 15) is 4.79 Å². The fourth-order valence-corrected chi connectivity index (χ4v) is 4.25. The first-order chi connectivity index (χ1) is 15.3. The van der Waals surface area contributed by atoms with E-state index in [4.69, 9.17) is 9.47 Å². The average molecular weight is 438 g/mol. The van der Waals surface area contributed by atoms with Crippen molar-refractivity contribution < 1.29 is 14.3 Å². The Hall–Kier alpha value is -2.90. The van der Waals surface area contributed by atoms with Crippen LogP contribution in [-0.4, -0.2) is 42.1 Å². The van der Waals surface area contributed by atoms with Gasteiger partial charge in [-0.3, -0.25) is 15.0 Å².